The Balaban J connectivity index is 1.87. The highest BCUT2D eigenvalue weighted by Gasteiger charge is 2.34. The van der Waals surface area contributed by atoms with E-state index in [1.807, 2.05) is 31.2 Å². The molecule has 1 N–H and O–H groups in total. The van der Waals surface area contributed by atoms with Gasteiger partial charge in [0.1, 0.15) is 5.82 Å². The third kappa shape index (κ3) is 4.39. The minimum Gasteiger partial charge on any atom is -0.481 e. The summed E-state index contributed by atoms with van der Waals surface area (Å²) in [7, 11) is 0. The minimum absolute atomic E-state index is 0.0575. The van der Waals surface area contributed by atoms with Crippen molar-refractivity contribution in [3.63, 3.8) is 0 Å². The number of aryl methyl sites for hydroxylation is 1. The fraction of sp³-hybridized carbons (Fsp3) is 0.286. The van der Waals surface area contributed by atoms with Gasteiger partial charge in [-0.2, -0.15) is 5.10 Å². The van der Waals surface area contributed by atoms with Crippen LogP contribution in [0.2, 0.25) is 0 Å². The summed E-state index contributed by atoms with van der Waals surface area (Å²) in [6.07, 6.45) is 0.610. The molecular weight excluding hydrogens is 347 g/mol. The molecule has 1 amide bonds. The van der Waals surface area contributed by atoms with E-state index < -0.39 is 12.0 Å². The number of hydrazone groups is 1. The van der Waals surface area contributed by atoms with Gasteiger partial charge in [0.25, 0.3) is 0 Å². The molecule has 0 aliphatic carbocycles. The van der Waals surface area contributed by atoms with Crippen molar-refractivity contribution in [3.05, 3.63) is 71.0 Å². The standard InChI is InChI=1S/C21H21FN2O3/c1-14-9-11-15(12-10-14)18-13-19(16-5-2-3-6-17(16)22)24(23-18)20(25)7-4-8-21(26)27/h2-3,5-6,9-12,19H,4,7-8,13H2,1H3,(H,26,27). The van der Waals surface area contributed by atoms with Crippen LogP contribution < -0.4 is 0 Å². The van der Waals surface area contributed by atoms with Gasteiger partial charge in [-0.25, -0.2) is 9.40 Å². The normalized spacial score (nSPS) is 16.3. The predicted molar refractivity (Wildman–Crippen MR) is 99.8 cm³/mol. The Bertz CT molecular complexity index is 877. The van der Waals surface area contributed by atoms with Gasteiger partial charge in [-0.1, -0.05) is 48.0 Å². The molecule has 1 unspecified atom stereocenters. The van der Waals surface area contributed by atoms with Crippen molar-refractivity contribution in [3.8, 4) is 0 Å². The molecule has 3 rings (SSSR count). The van der Waals surface area contributed by atoms with Crippen LogP contribution in [0.5, 0.6) is 0 Å². The molecule has 0 saturated carbocycles. The number of carboxylic acids is 1. The van der Waals surface area contributed by atoms with Crippen LogP contribution >= 0.6 is 0 Å². The molecule has 6 heteroatoms. The molecule has 0 bridgehead atoms. The molecule has 27 heavy (non-hydrogen) atoms. The fourth-order valence-corrected chi connectivity index (χ4v) is 3.15. The van der Waals surface area contributed by atoms with E-state index in [2.05, 4.69) is 5.10 Å². The number of aliphatic carboxylic acids is 1. The molecule has 2 aromatic rings. The highest BCUT2D eigenvalue weighted by molar-refractivity contribution is 6.03. The van der Waals surface area contributed by atoms with E-state index in [0.717, 1.165) is 16.8 Å². The summed E-state index contributed by atoms with van der Waals surface area (Å²) in [5, 5.41) is 14.6. The minimum atomic E-state index is -0.946. The number of carboxylic acid groups (broad SMARTS) is 1. The van der Waals surface area contributed by atoms with Gasteiger partial charge >= 0.3 is 5.97 Å². The van der Waals surface area contributed by atoms with E-state index in [4.69, 9.17) is 5.11 Å². The summed E-state index contributed by atoms with van der Waals surface area (Å²) in [5.41, 5.74) is 3.14. The summed E-state index contributed by atoms with van der Waals surface area (Å²) in [6.45, 7) is 1.99. The summed E-state index contributed by atoms with van der Waals surface area (Å²) in [4.78, 5) is 23.4. The van der Waals surface area contributed by atoms with Gasteiger partial charge in [-0.15, -0.1) is 0 Å². The molecular formula is C21H21FN2O3. The Morgan fingerprint density at radius 2 is 1.85 bits per heavy atom. The first-order valence-corrected chi connectivity index (χ1v) is 8.88. The fourth-order valence-electron chi connectivity index (χ4n) is 3.15. The SMILES string of the molecule is Cc1ccc(C2=NN(C(=O)CCCC(=O)O)C(c3ccccc3F)C2)cc1. The van der Waals surface area contributed by atoms with Crippen LogP contribution in [0.4, 0.5) is 4.39 Å². The highest BCUT2D eigenvalue weighted by Crippen LogP contribution is 2.34. The topological polar surface area (TPSA) is 70.0 Å². The number of benzene rings is 2. The number of amides is 1. The van der Waals surface area contributed by atoms with Crippen molar-refractivity contribution in [2.24, 2.45) is 5.10 Å². The number of hydrogen-bond donors (Lipinski definition) is 1. The largest absolute Gasteiger partial charge is 0.481 e. The van der Waals surface area contributed by atoms with Crippen molar-refractivity contribution >= 4 is 17.6 Å². The Kier molecular flexibility index (Phi) is 5.64. The number of hydrogen-bond acceptors (Lipinski definition) is 3. The van der Waals surface area contributed by atoms with Crippen molar-refractivity contribution in [1.29, 1.82) is 0 Å². The molecule has 1 atom stereocenters. The number of rotatable bonds is 6. The van der Waals surface area contributed by atoms with Gasteiger partial charge in [-0.3, -0.25) is 9.59 Å². The van der Waals surface area contributed by atoms with Crippen molar-refractivity contribution in [2.45, 2.75) is 38.6 Å². The van der Waals surface area contributed by atoms with Gasteiger partial charge in [-0.05, 0) is 25.0 Å². The molecule has 1 aliphatic rings. The molecule has 0 spiro atoms. The zero-order valence-electron chi connectivity index (χ0n) is 15.1. The first-order valence-electron chi connectivity index (χ1n) is 8.88. The van der Waals surface area contributed by atoms with E-state index in [1.54, 1.807) is 18.2 Å². The second-order valence-electron chi connectivity index (χ2n) is 6.64. The third-order valence-corrected chi connectivity index (χ3v) is 4.60. The van der Waals surface area contributed by atoms with Gasteiger partial charge < -0.3 is 5.11 Å². The number of carbonyl (C=O) groups excluding carboxylic acids is 1. The smallest absolute Gasteiger partial charge is 0.303 e. The maximum Gasteiger partial charge on any atom is 0.303 e. The van der Waals surface area contributed by atoms with Crippen LogP contribution in [0, 0.1) is 12.7 Å². The van der Waals surface area contributed by atoms with Crippen LogP contribution in [-0.4, -0.2) is 27.7 Å². The summed E-state index contributed by atoms with van der Waals surface area (Å²) >= 11 is 0. The lowest BCUT2D eigenvalue weighted by molar-refractivity contribution is -0.137. The quantitative estimate of drug-likeness (QED) is 0.836. The molecule has 2 aromatic carbocycles. The lowest BCUT2D eigenvalue weighted by Gasteiger charge is -2.22. The lowest BCUT2D eigenvalue weighted by Crippen LogP contribution is -2.27. The van der Waals surface area contributed by atoms with E-state index in [-0.39, 0.29) is 31.0 Å². The Morgan fingerprint density at radius 3 is 2.52 bits per heavy atom. The van der Waals surface area contributed by atoms with Crippen LogP contribution in [-0.2, 0) is 9.59 Å². The second kappa shape index (κ2) is 8.12. The molecule has 140 valence electrons. The van der Waals surface area contributed by atoms with Gasteiger partial charge in [0, 0.05) is 24.8 Å². The number of nitrogens with zero attached hydrogens (tertiary/aromatic N) is 2. The van der Waals surface area contributed by atoms with Crippen molar-refractivity contribution in [1.82, 2.24) is 5.01 Å². The monoisotopic (exact) mass is 368 g/mol. The maximum absolute atomic E-state index is 14.4. The van der Waals surface area contributed by atoms with Gasteiger partial charge in [0.15, 0.2) is 0 Å². The lowest BCUT2D eigenvalue weighted by atomic mass is 9.97. The van der Waals surface area contributed by atoms with E-state index in [9.17, 15) is 14.0 Å². The third-order valence-electron chi connectivity index (χ3n) is 4.60. The first kappa shape index (κ1) is 18.8. The van der Waals surface area contributed by atoms with Gasteiger partial charge in [0.05, 0.1) is 11.8 Å². The number of carbonyl (C=O) groups is 2. The Labute approximate surface area is 157 Å². The molecule has 0 saturated heterocycles. The Morgan fingerprint density at radius 1 is 1.15 bits per heavy atom. The molecule has 1 aliphatic heterocycles. The van der Waals surface area contributed by atoms with Crippen molar-refractivity contribution < 1.29 is 19.1 Å². The second-order valence-corrected chi connectivity index (χ2v) is 6.64. The zero-order chi connectivity index (χ0) is 19.4. The van der Waals surface area contributed by atoms with Crippen LogP contribution in [0.15, 0.2) is 53.6 Å². The van der Waals surface area contributed by atoms with Crippen LogP contribution in [0.1, 0.15) is 48.4 Å². The van der Waals surface area contributed by atoms with E-state index in [1.165, 1.54) is 11.1 Å². The molecule has 0 aromatic heterocycles. The van der Waals surface area contributed by atoms with Crippen LogP contribution in [0.25, 0.3) is 0 Å². The predicted octanol–water partition coefficient (Wildman–Crippen LogP) is 4.07. The average molecular weight is 368 g/mol. The van der Waals surface area contributed by atoms with E-state index in [0.29, 0.717) is 12.0 Å². The first-order chi connectivity index (χ1) is 13.0. The summed E-state index contributed by atoms with van der Waals surface area (Å²) in [6, 6.07) is 13.6. The molecule has 5 nitrogen and oxygen atoms in total. The van der Waals surface area contributed by atoms with E-state index >= 15 is 0 Å². The number of halogens is 1. The maximum atomic E-state index is 14.4. The van der Waals surface area contributed by atoms with Crippen molar-refractivity contribution in [2.75, 3.05) is 0 Å². The molecule has 0 fully saturated rings. The molecule has 1 heterocycles. The summed E-state index contributed by atoms with van der Waals surface area (Å²) < 4.78 is 14.4. The molecule has 0 radical (unpaired) electrons. The van der Waals surface area contributed by atoms with Crippen LogP contribution in [0.3, 0.4) is 0 Å². The average Bonchev–Trinajstić information content (AvgIpc) is 3.07. The Hall–Kier alpha value is -3.02. The summed E-state index contributed by atoms with van der Waals surface area (Å²) in [5.74, 6) is -1.63. The zero-order valence-corrected chi connectivity index (χ0v) is 15.1. The van der Waals surface area contributed by atoms with Gasteiger partial charge in [0.2, 0.25) is 5.91 Å². The highest BCUT2D eigenvalue weighted by atomic mass is 19.1.